The summed E-state index contributed by atoms with van der Waals surface area (Å²) in [5.41, 5.74) is 0.694. The van der Waals surface area contributed by atoms with E-state index in [1.165, 1.54) is 11.0 Å². The van der Waals surface area contributed by atoms with Gasteiger partial charge in [-0.25, -0.2) is 18.2 Å². The average Bonchev–Trinajstić information content (AvgIpc) is 4.11. The summed E-state index contributed by atoms with van der Waals surface area (Å²) in [7, 11) is -2.31. The quantitative estimate of drug-likeness (QED) is 0.220. The lowest BCUT2D eigenvalue weighted by Crippen LogP contribution is -2.60. The highest BCUT2D eigenvalue weighted by Crippen LogP contribution is 2.46. The summed E-state index contributed by atoms with van der Waals surface area (Å²) in [4.78, 5) is 62.6. The first kappa shape index (κ1) is 40.7. The van der Waals surface area contributed by atoms with Gasteiger partial charge in [0.15, 0.2) is 0 Å². The van der Waals surface area contributed by atoms with Crippen molar-refractivity contribution in [2.45, 2.75) is 101 Å². The maximum absolute atomic E-state index is 14.6. The first-order chi connectivity index (χ1) is 27.5. The third-order valence-corrected chi connectivity index (χ3v) is 13.3. The third kappa shape index (κ3) is 8.40. The van der Waals surface area contributed by atoms with E-state index in [4.69, 9.17) is 14.5 Å². The predicted molar refractivity (Wildman–Crippen MR) is 220 cm³/mol. The summed E-state index contributed by atoms with van der Waals surface area (Å²) in [6.45, 7) is 11.2. The third-order valence-electron chi connectivity index (χ3n) is 11.5. The van der Waals surface area contributed by atoms with Gasteiger partial charge in [-0.2, -0.15) is 0 Å². The zero-order valence-corrected chi connectivity index (χ0v) is 34.4. The van der Waals surface area contributed by atoms with Gasteiger partial charge in [0.25, 0.3) is 5.91 Å². The van der Waals surface area contributed by atoms with Crippen molar-refractivity contribution in [1.82, 2.24) is 30.6 Å². The van der Waals surface area contributed by atoms with Crippen molar-refractivity contribution in [3.8, 4) is 22.8 Å². The topological polar surface area (TPSA) is 185 Å². The fraction of sp³-hybridized carbons (Fsp3) is 0.465. The van der Waals surface area contributed by atoms with Crippen LogP contribution in [-0.4, -0.2) is 90.2 Å². The number of fused-ring (bicyclic) bond motifs is 3. The Morgan fingerprint density at radius 3 is 2.52 bits per heavy atom. The number of rotatable bonds is 9. The van der Waals surface area contributed by atoms with Gasteiger partial charge >= 0.3 is 6.03 Å². The van der Waals surface area contributed by atoms with Gasteiger partial charge in [0.2, 0.25) is 21.8 Å². The maximum Gasteiger partial charge on any atom is 0.315 e. The molecule has 15 heteroatoms. The van der Waals surface area contributed by atoms with Crippen molar-refractivity contribution in [2.24, 2.45) is 11.8 Å². The van der Waals surface area contributed by atoms with Gasteiger partial charge in [-0.15, -0.1) is 6.58 Å². The molecule has 4 aliphatic rings. The van der Waals surface area contributed by atoms with Crippen molar-refractivity contribution >= 4 is 50.8 Å². The number of methoxy groups -OCH3 is 1. The molecule has 5 amide bonds. The summed E-state index contributed by atoms with van der Waals surface area (Å²) in [6, 6.07) is 12.6. The summed E-state index contributed by atoms with van der Waals surface area (Å²) < 4.78 is 40.4. The standard InChI is InChI=1S/C43H52N6O8S/c1-7-28-23-43(28,40(52)48-58(54,55)30-16-17-30)46-38(50)34-20-29-24-49(34)39(51)37(25(2)3)45-41(53)47-42(4,5)18-12-11-15-27-19-31-33(22-35(27)56-6)44-32(21-36(31)57-29)26-13-9-8-10-14-26/h7-11,13-15,19,21-22,25,28-30,34,37H,1,12,16-18,20,23-24H2,2-6H3,(H,46,50)(H,48,52)(H2,45,47,53)/b15-11+/t28-,29-,34+,37+,43-/m1/s1. The van der Waals surface area contributed by atoms with Crippen LogP contribution < -0.4 is 30.1 Å². The van der Waals surface area contributed by atoms with E-state index in [-0.39, 0.29) is 25.3 Å². The Bertz CT molecular complexity index is 2270. The molecule has 7 rings (SSSR count). The van der Waals surface area contributed by atoms with Crippen LogP contribution in [0.5, 0.6) is 11.5 Å². The fourth-order valence-corrected chi connectivity index (χ4v) is 9.23. The predicted octanol–water partition coefficient (Wildman–Crippen LogP) is 4.84. The molecule has 3 aromatic rings. The number of ether oxygens (including phenoxy) is 2. The summed E-state index contributed by atoms with van der Waals surface area (Å²) >= 11 is 0. The van der Waals surface area contributed by atoms with Gasteiger partial charge in [0, 0.05) is 46.5 Å². The van der Waals surface area contributed by atoms with Gasteiger partial charge < -0.3 is 30.3 Å². The van der Waals surface area contributed by atoms with Gasteiger partial charge in [-0.1, -0.05) is 62.4 Å². The first-order valence-electron chi connectivity index (χ1n) is 19.9. The molecule has 2 aromatic carbocycles. The van der Waals surface area contributed by atoms with E-state index < -0.39 is 74.2 Å². The number of hydrogen-bond donors (Lipinski definition) is 4. The molecule has 14 nitrogen and oxygen atoms in total. The second-order valence-corrected chi connectivity index (χ2v) is 18.8. The van der Waals surface area contributed by atoms with Crippen LogP contribution in [0.1, 0.15) is 71.8 Å². The Labute approximate surface area is 339 Å². The molecule has 1 aromatic heterocycles. The number of carbonyl (C=O) groups is 4. The Hall–Kier alpha value is -5.44. The Morgan fingerprint density at radius 1 is 1.12 bits per heavy atom. The zero-order valence-electron chi connectivity index (χ0n) is 33.5. The number of urea groups is 1. The lowest BCUT2D eigenvalue weighted by atomic mass is 9.97. The number of amides is 5. The van der Waals surface area contributed by atoms with Crippen LogP contribution in [0.2, 0.25) is 0 Å². The fourth-order valence-electron chi connectivity index (χ4n) is 7.87. The molecule has 2 saturated carbocycles. The molecule has 308 valence electrons. The molecule has 5 atom stereocenters. The normalized spacial score (nSPS) is 26.4. The zero-order chi connectivity index (χ0) is 41.6. The van der Waals surface area contributed by atoms with E-state index in [0.717, 1.165) is 11.1 Å². The number of benzene rings is 2. The number of nitrogens with zero attached hydrogens (tertiary/aromatic N) is 2. The van der Waals surface area contributed by atoms with Crippen molar-refractivity contribution in [2.75, 3.05) is 13.7 Å². The highest BCUT2D eigenvalue weighted by Gasteiger charge is 2.62. The number of allylic oxidation sites excluding steroid dienone is 1. The van der Waals surface area contributed by atoms with E-state index >= 15 is 0 Å². The number of aromatic nitrogens is 1. The van der Waals surface area contributed by atoms with Crippen LogP contribution in [0.3, 0.4) is 0 Å². The smallest absolute Gasteiger partial charge is 0.315 e. The number of nitrogens with one attached hydrogen (secondary N) is 4. The highest BCUT2D eigenvalue weighted by atomic mass is 32.2. The maximum atomic E-state index is 14.6. The van der Waals surface area contributed by atoms with E-state index in [0.29, 0.717) is 53.8 Å². The second kappa shape index (κ2) is 15.7. The molecule has 4 bridgehead atoms. The molecule has 3 fully saturated rings. The highest BCUT2D eigenvalue weighted by molar-refractivity contribution is 7.91. The molecule has 4 N–H and O–H groups in total. The van der Waals surface area contributed by atoms with Crippen molar-refractivity contribution in [3.63, 3.8) is 0 Å². The molecule has 2 aliphatic carbocycles. The molecule has 0 radical (unpaired) electrons. The van der Waals surface area contributed by atoms with Crippen LogP contribution in [0, 0.1) is 11.8 Å². The minimum absolute atomic E-state index is 0.0253. The lowest BCUT2D eigenvalue weighted by Gasteiger charge is -2.32. The monoisotopic (exact) mass is 812 g/mol. The minimum Gasteiger partial charge on any atom is -0.496 e. The minimum atomic E-state index is -3.91. The Kier molecular flexibility index (Phi) is 11.0. The number of pyridine rings is 1. The van der Waals surface area contributed by atoms with Crippen LogP contribution in [0.25, 0.3) is 28.2 Å². The molecule has 58 heavy (non-hydrogen) atoms. The average molecular weight is 813 g/mol. The summed E-state index contributed by atoms with van der Waals surface area (Å²) in [6.07, 6.45) is 7.09. The van der Waals surface area contributed by atoms with Gasteiger partial charge in [-0.05, 0) is 57.9 Å². The molecule has 1 saturated heterocycles. The van der Waals surface area contributed by atoms with Gasteiger partial charge in [-0.3, -0.25) is 19.1 Å². The van der Waals surface area contributed by atoms with Crippen LogP contribution in [-0.2, 0) is 24.4 Å². The Morgan fingerprint density at radius 2 is 1.86 bits per heavy atom. The van der Waals surface area contributed by atoms with Crippen LogP contribution in [0.15, 0.2) is 67.3 Å². The van der Waals surface area contributed by atoms with Crippen molar-refractivity contribution in [1.29, 1.82) is 0 Å². The number of hydrogen-bond acceptors (Lipinski definition) is 9. The number of carbonyl (C=O) groups excluding carboxylic acids is 4. The molecular formula is C43H52N6O8S. The molecular weight excluding hydrogens is 761 g/mol. The SMILES string of the molecule is C=C[C@@H]1C[C@]1(NC(=O)[C@@H]1C[C@@H]2CN1C(=O)[C@H](C(C)C)NC(=O)NC(C)(C)CC/C=C/c1cc3c(cc(-c4ccccc4)nc3cc1OC)O2)C(=O)NS(=O)(=O)C1CC1. The largest absolute Gasteiger partial charge is 0.496 e. The summed E-state index contributed by atoms with van der Waals surface area (Å²) in [5, 5.41) is 8.76. The van der Waals surface area contributed by atoms with Gasteiger partial charge in [0.1, 0.15) is 35.2 Å². The van der Waals surface area contributed by atoms with Crippen LogP contribution in [0.4, 0.5) is 4.79 Å². The summed E-state index contributed by atoms with van der Waals surface area (Å²) in [5.74, 6) is -1.80. The first-order valence-corrected chi connectivity index (χ1v) is 21.4. The molecule has 0 unspecified atom stereocenters. The molecule has 3 heterocycles. The van der Waals surface area contributed by atoms with Crippen LogP contribution >= 0.6 is 0 Å². The molecule has 0 spiro atoms. The lowest BCUT2D eigenvalue weighted by molar-refractivity contribution is -0.141. The van der Waals surface area contributed by atoms with Crippen molar-refractivity contribution in [3.05, 3.63) is 72.8 Å². The Balaban J connectivity index is 1.29. The van der Waals surface area contributed by atoms with Gasteiger partial charge in [0.05, 0.1) is 30.1 Å². The van der Waals surface area contributed by atoms with Crippen molar-refractivity contribution < 1.29 is 37.1 Å². The molecule has 2 aliphatic heterocycles. The van der Waals surface area contributed by atoms with E-state index in [9.17, 15) is 27.6 Å². The van der Waals surface area contributed by atoms with E-state index in [1.54, 1.807) is 7.11 Å². The van der Waals surface area contributed by atoms with E-state index in [2.05, 4.69) is 27.3 Å². The second-order valence-electron chi connectivity index (χ2n) is 16.8. The number of sulfonamides is 1. The van der Waals surface area contributed by atoms with E-state index in [1.807, 2.05) is 88.4 Å².